The summed E-state index contributed by atoms with van der Waals surface area (Å²) in [5.74, 6) is 0.517. The van der Waals surface area contributed by atoms with Gasteiger partial charge in [0.05, 0.1) is 6.04 Å². The maximum absolute atomic E-state index is 13.3. The molecule has 4 rings (SSSR count). The summed E-state index contributed by atoms with van der Waals surface area (Å²) in [5, 5.41) is 6.56. The molecule has 0 saturated carbocycles. The Kier molecular flexibility index (Phi) is 4.04. The third kappa shape index (κ3) is 2.93. The number of benzene rings is 2. The Labute approximate surface area is 146 Å². The number of carbonyl (C=O) groups excluding carboxylic acids is 1. The number of fused-ring (bicyclic) bond motifs is 3. The van der Waals surface area contributed by atoms with E-state index in [9.17, 15) is 9.18 Å². The van der Waals surface area contributed by atoms with Crippen molar-refractivity contribution in [2.45, 2.75) is 31.7 Å². The van der Waals surface area contributed by atoms with Crippen molar-refractivity contribution in [3.8, 4) is 0 Å². The molecule has 0 bridgehead atoms. The molecule has 0 saturated heterocycles. The van der Waals surface area contributed by atoms with Crippen molar-refractivity contribution in [3.05, 3.63) is 71.6 Å². The van der Waals surface area contributed by atoms with Gasteiger partial charge in [-0.25, -0.2) is 4.39 Å². The first-order valence-electron chi connectivity index (χ1n) is 8.78. The van der Waals surface area contributed by atoms with E-state index < -0.39 is 0 Å². The lowest BCUT2D eigenvalue weighted by Gasteiger charge is -2.37. The molecule has 4 heteroatoms. The van der Waals surface area contributed by atoms with Crippen molar-refractivity contribution in [1.29, 1.82) is 0 Å². The second-order valence-electron chi connectivity index (χ2n) is 6.73. The molecule has 3 nitrogen and oxygen atoms in total. The predicted octanol–water partition coefficient (Wildman–Crippen LogP) is 5.00. The summed E-state index contributed by atoms with van der Waals surface area (Å²) in [4.78, 5) is 11.7. The Morgan fingerprint density at radius 3 is 2.80 bits per heavy atom. The Hall–Kier alpha value is -2.62. The zero-order chi connectivity index (χ0) is 17.4. The topological polar surface area (TPSA) is 41.1 Å². The van der Waals surface area contributed by atoms with Crippen LogP contribution >= 0.6 is 0 Å². The predicted molar refractivity (Wildman–Crippen MR) is 98.1 cm³/mol. The van der Waals surface area contributed by atoms with E-state index in [0.29, 0.717) is 18.3 Å². The van der Waals surface area contributed by atoms with Crippen LogP contribution in [0.5, 0.6) is 0 Å². The number of allylic oxidation sites excluding steroid dienone is 2. The molecule has 1 heterocycles. The molecule has 2 aromatic carbocycles. The van der Waals surface area contributed by atoms with E-state index in [-0.39, 0.29) is 17.8 Å². The lowest BCUT2D eigenvalue weighted by Crippen LogP contribution is -2.29. The van der Waals surface area contributed by atoms with E-state index >= 15 is 0 Å². The van der Waals surface area contributed by atoms with Crippen molar-refractivity contribution in [1.82, 2.24) is 0 Å². The Morgan fingerprint density at radius 1 is 1.24 bits per heavy atom. The Balaban J connectivity index is 1.68. The molecule has 0 radical (unpaired) electrons. The van der Waals surface area contributed by atoms with Gasteiger partial charge in [0.15, 0.2) is 0 Å². The zero-order valence-corrected chi connectivity index (χ0v) is 14.1. The summed E-state index contributed by atoms with van der Waals surface area (Å²) in [6, 6.07) is 13.0. The molecular formula is C21H21FN2O. The minimum Gasteiger partial charge on any atom is -0.378 e. The molecule has 1 aliphatic carbocycles. The summed E-state index contributed by atoms with van der Waals surface area (Å²) in [7, 11) is 0. The molecule has 0 spiro atoms. The third-order valence-corrected chi connectivity index (χ3v) is 5.20. The number of carbonyl (C=O) groups is 1. The molecule has 2 aliphatic rings. The number of amides is 1. The van der Waals surface area contributed by atoms with Crippen LogP contribution < -0.4 is 10.6 Å². The molecule has 25 heavy (non-hydrogen) atoms. The molecule has 128 valence electrons. The molecule has 0 fully saturated rings. The van der Waals surface area contributed by atoms with Crippen LogP contribution in [0.4, 0.5) is 15.8 Å². The fraction of sp³-hybridized carbons (Fsp3) is 0.286. The molecule has 0 aromatic heterocycles. The fourth-order valence-electron chi connectivity index (χ4n) is 3.92. The summed E-state index contributed by atoms with van der Waals surface area (Å²) >= 11 is 0. The summed E-state index contributed by atoms with van der Waals surface area (Å²) in [6.07, 6.45) is 5.94. The second kappa shape index (κ2) is 6.36. The largest absolute Gasteiger partial charge is 0.378 e. The Bertz CT molecular complexity index is 828. The van der Waals surface area contributed by atoms with Gasteiger partial charge in [-0.1, -0.05) is 31.2 Å². The highest BCUT2D eigenvalue weighted by Gasteiger charge is 2.37. The van der Waals surface area contributed by atoms with Gasteiger partial charge >= 0.3 is 0 Å². The number of hydrogen-bond donors (Lipinski definition) is 2. The third-order valence-electron chi connectivity index (χ3n) is 5.20. The van der Waals surface area contributed by atoms with Gasteiger partial charge in [0.25, 0.3) is 0 Å². The van der Waals surface area contributed by atoms with Gasteiger partial charge in [-0.2, -0.15) is 0 Å². The molecule has 1 aliphatic heterocycles. The van der Waals surface area contributed by atoms with Crippen LogP contribution in [-0.4, -0.2) is 5.91 Å². The minimum atomic E-state index is -0.211. The van der Waals surface area contributed by atoms with Gasteiger partial charge in [-0.15, -0.1) is 0 Å². The standard InChI is InChI=1S/C21H21FN2O/c1-2-20(25)23-15-10-11-19-18(12-15)16-4-3-5-17(16)21(24-19)13-6-8-14(22)9-7-13/h3-4,6-12,16-17,21,24H,2,5H2,1H3,(H,23,25). The van der Waals surface area contributed by atoms with Crippen LogP contribution in [0.2, 0.25) is 0 Å². The van der Waals surface area contributed by atoms with E-state index in [2.05, 4.69) is 28.9 Å². The van der Waals surface area contributed by atoms with Crippen LogP contribution in [0.15, 0.2) is 54.6 Å². The lowest BCUT2D eigenvalue weighted by atomic mass is 9.77. The molecule has 2 aromatic rings. The van der Waals surface area contributed by atoms with Gasteiger partial charge in [0.1, 0.15) is 5.82 Å². The number of nitrogens with one attached hydrogen (secondary N) is 2. The summed E-state index contributed by atoms with van der Waals surface area (Å²) in [5.41, 5.74) is 4.24. The van der Waals surface area contributed by atoms with Gasteiger partial charge in [-0.3, -0.25) is 4.79 Å². The molecule has 3 unspecified atom stereocenters. The van der Waals surface area contributed by atoms with Crippen LogP contribution in [0, 0.1) is 11.7 Å². The highest BCUT2D eigenvalue weighted by atomic mass is 19.1. The summed E-state index contributed by atoms with van der Waals surface area (Å²) < 4.78 is 13.3. The average molecular weight is 336 g/mol. The zero-order valence-electron chi connectivity index (χ0n) is 14.1. The highest BCUT2D eigenvalue weighted by Crippen LogP contribution is 2.50. The van der Waals surface area contributed by atoms with Crippen molar-refractivity contribution in [2.75, 3.05) is 10.6 Å². The van der Waals surface area contributed by atoms with Crippen molar-refractivity contribution >= 4 is 17.3 Å². The van der Waals surface area contributed by atoms with Gasteiger partial charge < -0.3 is 10.6 Å². The van der Waals surface area contributed by atoms with Gasteiger partial charge in [-0.05, 0) is 53.8 Å². The van der Waals surface area contributed by atoms with Crippen molar-refractivity contribution in [2.24, 2.45) is 5.92 Å². The van der Waals surface area contributed by atoms with Crippen molar-refractivity contribution < 1.29 is 9.18 Å². The van der Waals surface area contributed by atoms with E-state index in [0.717, 1.165) is 23.4 Å². The minimum absolute atomic E-state index is 0.0198. The number of halogens is 1. The maximum Gasteiger partial charge on any atom is 0.224 e. The van der Waals surface area contributed by atoms with E-state index in [4.69, 9.17) is 0 Å². The lowest BCUT2D eigenvalue weighted by molar-refractivity contribution is -0.115. The van der Waals surface area contributed by atoms with Gasteiger partial charge in [0.2, 0.25) is 5.91 Å². The molecule has 1 amide bonds. The quantitative estimate of drug-likeness (QED) is 0.774. The van der Waals surface area contributed by atoms with E-state index in [1.54, 1.807) is 0 Å². The maximum atomic E-state index is 13.3. The van der Waals surface area contributed by atoms with E-state index in [1.165, 1.54) is 17.7 Å². The SMILES string of the molecule is CCC(=O)Nc1ccc2c(c1)C1C=CCC1C(c1ccc(F)cc1)N2. The second-order valence-corrected chi connectivity index (χ2v) is 6.73. The highest BCUT2D eigenvalue weighted by molar-refractivity contribution is 5.91. The van der Waals surface area contributed by atoms with Crippen LogP contribution in [0.25, 0.3) is 0 Å². The van der Waals surface area contributed by atoms with Crippen LogP contribution in [0.3, 0.4) is 0 Å². The first-order chi connectivity index (χ1) is 12.2. The first-order valence-corrected chi connectivity index (χ1v) is 8.78. The monoisotopic (exact) mass is 336 g/mol. The normalized spacial score (nSPS) is 23.5. The van der Waals surface area contributed by atoms with E-state index in [1.807, 2.05) is 31.2 Å². The molecule has 3 atom stereocenters. The van der Waals surface area contributed by atoms with Crippen LogP contribution in [0.1, 0.15) is 42.9 Å². The Morgan fingerprint density at radius 2 is 2.04 bits per heavy atom. The summed E-state index contributed by atoms with van der Waals surface area (Å²) in [6.45, 7) is 1.85. The number of hydrogen-bond acceptors (Lipinski definition) is 2. The smallest absolute Gasteiger partial charge is 0.224 e. The van der Waals surface area contributed by atoms with Crippen LogP contribution in [-0.2, 0) is 4.79 Å². The molecular weight excluding hydrogens is 315 g/mol. The molecule has 2 N–H and O–H groups in total. The fourth-order valence-corrected chi connectivity index (χ4v) is 3.92. The average Bonchev–Trinajstić information content (AvgIpc) is 3.12. The first kappa shape index (κ1) is 15.9. The van der Waals surface area contributed by atoms with Gasteiger partial charge in [0, 0.05) is 23.7 Å². The number of anilines is 2. The van der Waals surface area contributed by atoms with Crippen molar-refractivity contribution in [3.63, 3.8) is 0 Å². The number of rotatable bonds is 3.